The normalized spacial score (nSPS) is 12.5. The lowest BCUT2D eigenvalue weighted by Gasteiger charge is -2.13. The van der Waals surface area contributed by atoms with Crippen molar-refractivity contribution in [2.75, 3.05) is 0 Å². The molecule has 2 aromatic carbocycles. The van der Waals surface area contributed by atoms with Crippen LogP contribution < -0.4 is 0 Å². The fourth-order valence-corrected chi connectivity index (χ4v) is 2.04. The highest BCUT2D eigenvalue weighted by molar-refractivity contribution is 5.31. The average Bonchev–Trinajstić information content (AvgIpc) is 2.33. The molecule has 3 heteroatoms. The van der Waals surface area contributed by atoms with Crippen molar-refractivity contribution in [2.45, 2.75) is 26.4 Å². The molecule has 0 heterocycles. The van der Waals surface area contributed by atoms with Gasteiger partial charge in [0.25, 0.3) is 0 Å². The predicted molar refractivity (Wildman–Crippen MR) is 70.9 cm³/mol. The number of hydrogen-bond acceptors (Lipinski definition) is 1. The molecule has 0 saturated carbocycles. The monoisotopic (exact) mass is 262 g/mol. The van der Waals surface area contributed by atoms with Gasteiger partial charge in [-0.05, 0) is 36.6 Å². The van der Waals surface area contributed by atoms with Crippen LogP contribution in [0.2, 0.25) is 0 Å². The molecule has 2 rings (SSSR count). The smallest absolute Gasteiger partial charge is 0.131 e. The summed E-state index contributed by atoms with van der Waals surface area (Å²) in [5.74, 6) is -1.35. The van der Waals surface area contributed by atoms with Crippen LogP contribution >= 0.6 is 0 Å². The third-order valence-electron chi connectivity index (χ3n) is 3.32. The van der Waals surface area contributed by atoms with E-state index >= 15 is 0 Å². The van der Waals surface area contributed by atoms with Gasteiger partial charge in [-0.15, -0.1) is 0 Å². The van der Waals surface area contributed by atoms with Crippen molar-refractivity contribution in [3.8, 4) is 0 Å². The number of aliphatic hydroxyl groups is 1. The molecule has 1 unspecified atom stereocenters. The van der Waals surface area contributed by atoms with Crippen molar-refractivity contribution in [1.29, 1.82) is 0 Å². The Hall–Kier alpha value is -1.74. The first-order chi connectivity index (χ1) is 8.97. The van der Waals surface area contributed by atoms with E-state index in [1.807, 2.05) is 32.0 Å². The molecule has 100 valence electrons. The van der Waals surface area contributed by atoms with E-state index in [0.29, 0.717) is 6.42 Å². The zero-order valence-electron chi connectivity index (χ0n) is 11.0. The van der Waals surface area contributed by atoms with Crippen LogP contribution in [0.4, 0.5) is 8.78 Å². The van der Waals surface area contributed by atoms with Crippen LogP contribution in [0, 0.1) is 25.5 Å². The lowest BCUT2D eigenvalue weighted by Crippen LogP contribution is -2.05. The quantitative estimate of drug-likeness (QED) is 0.890. The van der Waals surface area contributed by atoms with Crippen molar-refractivity contribution < 1.29 is 13.9 Å². The van der Waals surface area contributed by atoms with Gasteiger partial charge in [-0.2, -0.15) is 0 Å². The van der Waals surface area contributed by atoms with Gasteiger partial charge in [-0.25, -0.2) is 8.78 Å². The highest BCUT2D eigenvalue weighted by Crippen LogP contribution is 2.22. The zero-order chi connectivity index (χ0) is 14.0. The van der Waals surface area contributed by atoms with Crippen molar-refractivity contribution >= 4 is 0 Å². The Bertz CT molecular complexity index is 593. The zero-order valence-corrected chi connectivity index (χ0v) is 11.0. The fraction of sp³-hybridized carbons (Fsp3) is 0.250. The largest absolute Gasteiger partial charge is 0.388 e. The second kappa shape index (κ2) is 5.49. The van der Waals surface area contributed by atoms with Crippen LogP contribution in [0.3, 0.4) is 0 Å². The van der Waals surface area contributed by atoms with Crippen LogP contribution in [0.1, 0.15) is 28.4 Å². The van der Waals surface area contributed by atoms with Gasteiger partial charge in [-0.3, -0.25) is 0 Å². The van der Waals surface area contributed by atoms with Gasteiger partial charge in [-0.1, -0.05) is 24.3 Å². The maximum atomic E-state index is 13.5. The molecule has 2 aromatic rings. The number of halogens is 2. The number of benzene rings is 2. The summed E-state index contributed by atoms with van der Waals surface area (Å²) in [4.78, 5) is 0. The summed E-state index contributed by atoms with van der Waals surface area (Å²) in [5, 5.41) is 10.0. The standard InChI is InChI=1S/C16H16F2O/c1-10-3-4-12(7-11(10)2)8-16(19)14-6-5-13(17)9-15(14)18/h3-7,9,16,19H,8H2,1-2H3. The second-order valence-corrected chi connectivity index (χ2v) is 4.80. The third kappa shape index (κ3) is 3.18. The summed E-state index contributed by atoms with van der Waals surface area (Å²) in [6.07, 6.45) is -0.661. The Balaban J connectivity index is 2.20. The minimum absolute atomic E-state index is 0.125. The Morgan fingerprint density at radius 1 is 1.00 bits per heavy atom. The molecule has 0 aliphatic heterocycles. The molecule has 0 amide bonds. The molecule has 1 nitrogen and oxygen atoms in total. The van der Waals surface area contributed by atoms with Crippen molar-refractivity contribution in [3.63, 3.8) is 0 Å². The Morgan fingerprint density at radius 2 is 1.74 bits per heavy atom. The van der Waals surface area contributed by atoms with E-state index in [4.69, 9.17) is 0 Å². The van der Waals surface area contributed by atoms with Gasteiger partial charge < -0.3 is 5.11 Å². The summed E-state index contributed by atoms with van der Waals surface area (Å²) in [7, 11) is 0. The van der Waals surface area contributed by atoms with E-state index in [-0.39, 0.29) is 5.56 Å². The Morgan fingerprint density at radius 3 is 2.37 bits per heavy atom. The lowest BCUT2D eigenvalue weighted by atomic mass is 9.98. The minimum atomic E-state index is -0.970. The lowest BCUT2D eigenvalue weighted by molar-refractivity contribution is 0.173. The van der Waals surface area contributed by atoms with E-state index in [0.717, 1.165) is 23.3 Å². The van der Waals surface area contributed by atoms with Gasteiger partial charge in [0.05, 0.1) is 6.10 Å². The molecular formula is C16H16F2O. The summed E-state index contributed by atoms with van der Waals surface area (Å²) in [5.41, 5.74) is 3.36. The van der Waals surface area contributed by atoms with Crippen molar-refractivity contribution in [2.24, 2.45) is 0 Å². The van der Waals surface area contributed by atoms with Crippen LogP contribution in [0.25, 0.3) is 0 Å². The molecule has 0 radical (unpaired) electrons. The number of rotatable bonds is 3. The number of hydrogen-bond donors (Lipinski definition) is 1. The summed E-state index contributed by atoms with van der Waals surface area (Å²) >= 11 is 0. The van der Waals surface area contributed by atoms with E-state index in [9.17, 15) is 13.9 Å². The first kappa shape index (κ1) is 13.7. The van der Waals surface area contributed by atoms with Gasteiger partial charge in [0.1, 0.15) is 11.6 Å². The topological polar surface area (TPSA) is 20.2 Å². The van der Waals surface area contributed by atoms with E-state index in [2.05, 4.69) is 0 Å². The average molecular weight is 262 g/mol. The predicted octanol–water partition coefficient (Wildman–Crippen LogP) is 3.86. The highest BCUT2D eigenvalue weighted by atomic mass is 19.1. The molecule has 0 saturated heterocycles. The van der Waals surface area contributed by atoms with E-state index in [1.54, 1.807) is 0 Å². The van der Waals surface area contributed by atoms with Gasteiger partial charge in [0, 0.05) is 18.1 Å². The van der Waals surface area contributed by atoms with E-state index in [1.165, 1.54) is 11.6 Å². The summed E-state index contributed by atoms with van der Waals surface area (Å²) in [6, 6.07) is 9.09. The van der Waals surface area contributed by atoms with Crippen LogP contribution in [0.15, 0.2) is 36.4 Å². The molecule has 19 heavy (non-hydrogen) atoms. The molecule has 1 atom stereocenters. The minimum Gasteiger partial charge on any atom is -0.388 e. The van der Waals surface area contributed by atoms with Gasteiger partial charge in [0.2, 0.25) is 0 Å². The molecule has 0 aliphatic carbocycles. The maximum absolute atomic E-state index is 13.5. The van der Waals surface area contributed by atoms with Gasteiger partial charge >= 0.3 is 0 Å². The number of aryl methyl sites for hydroxylation is 2. The molecule has 1 N–H and O–H groups in total. The first-order valence-corrected chi connectivity index (χ1v) is 6.16. The van der Waals surface area contributed by atoms with Crippen LogP contribution in [-0.4, -0.2) is 5.11 Å². The summed E-state index contributed by atoms with van der Waals surface area (Å²) < 4.78 is 26.4. The SMILES string of the molecule is Cc1ccc(CC(O)c2ccc(F)cc2F)cc1C. The first-order valence-electron chi connectivity index (χ1n) is 6.16. The second-order valence-electron chi connectivity index (χ2n) is 4.80. The Labute approximate surface area is 111 Å². The number of aliphatic hydroxyl groups excluding tert-OH is 1. The van der Waals surface area contributed by atoms with Gasteiger partial charge in [0.15, 0.2) is 0 Å². The highest BCUT2D eigenvalue weighted by Gasteiger charge is 2.14. The van der Waals surface area contributed by atoms with Crippen LogP contribution in [0.5, 0.6) is 0 Å². The molecule has 0 fully saturated rings. The van der Waals surface area contributed by atoms with Crippen LogP contribution in [-0.2, 0) is 6.42 Å². The molecular weight excluding hydrogens is 246 g/mol. The third-order valence-corrected chi connectivity index (χ3v) is 3.32. The summed E-state index contributed by atoms with van der Waals surface area (Å²) in [6.45, 7) is 4.00. The molecule has 0 aromatic heterocycles. The Kier molecular flexibility index (Phi) is 3.96. The van der Waals surface area contributed by atoms with E-state index < -0.39 is 17.7 Å². The fourth-order valence-electron chi connectivity index (χ4n) is 2.04. The molecule has 0 aliphatic rings. The van der Waals surface area contributed by atoms with Crippen molar-refractivity contribution in [3.05, 3.63) is 70.3 Å². The molecule has 0 bridgehead atoms. The molecule has 0 spiro atoms. The van der Waals surface area contributed by atoms with Crippen molar-refractivity contribution in [1.82, 2.24) is 0 Å². The maximum Gasteiger partial charge on any atom is 0.131 e.